The van der Waals surface area contributed by atoms with E-state index < -0.39 is 0 Å². The lowest BCUT2D eigenvalue weighted by Gasteiger charge is -2.28. The summed E-state index contributed by atoms with van der Waals surface area (Å²) in [7, 11) is 3.13. The number of para-hydroxylation sites is 1. The largest absolute Gasteiger partial charge is 0.494 e. The van der Waals surface area contributed by atoms with Crippen LogP contribution >= 0.6 is 0 Å². The fourth-order valence-electron chi connectivity index (χ4n) is 2.09. The maximum Gasteiger partial charge on any atom is 0.258 e. The maximum atomic E-state index is 12.6. The molecule has 1 amide bonds. The molecule has 106 valence electrons. The highest BCUT2D eigenvalue weighted by Crippen LogP contribution is 2.27. The van der Waals surface area contributed by atoms with Crippen LogP contribution < -0.4 is 10.5 Å². The predicted molar refractivity (Wildman–Crippen MR) is 75.5 cm³/mol. The topological polar surface area (TPSA) is 64.8 Å². The highest BCUT2D eigenvalue weighted by Gasteiger charge is 2.23. The first kappa shape index (κ1) is 15.3. The Morgan fingerprint density at radius 3 is 2.63 bits per heavy atom. The number of methoxy groups -OCH3 is 2. The Hall–Kier alpha value is -1.75. The molecule has 0 fully saturated rings. The molecule has 1 aromatic rings. The van der Waals surface area contributed by atoms with Crippen molar-refractivity contribution in [1.29, 1.82) is 0 Å². The molecule has 5 nitrogen and oxygen atoms in total. The zero-order valence-corrected chi connectivity index (χ0v) is 12.0. The predicted octanol–water partition coefficient (Wildman–Crippen LogP) is 1.77. The molecule has 1 aromatic carbocycles. The van der Waals surface area contributed by atoms with Crippen LogP contribution in [0.1, 0.15) is 24.2 Å². The van der Waals surface area contributed by atoms with Crippen LogP contribution in [-0.2, 0) is 4.74 Å². The average Bonchev–Trinajstić information content (AvgIpc) is 2.39. The summed E-state index contributed by atoms with van der Waals surface area (Å²) in [5.74, 6) is 0.326. The summed E-state index contributed by atoms with van der Waals surface area (Å²) in [5, 5.41) is 0. The summed E-state index contributed by atoms with van der Waals surface area (Å²) >= 11 is 0. The van der Waals surface area contributed by atoms with E-state index in [-0.39, 0.29) is 11.9 Å². The average molecular weight is 266 g/mol. The highest BCUT2D eigenvalue weighted by molar-refractivity contribution is 5.98. The number of anilines is 1. The molecule has 0 aliphatic rings. The normalized spacial score (nSPS) is 12.0. The van der Waals surface area contributed by atoms with Gasteiger partial charge in [-0.15, -0.1) is 0 Å². The SMILES string of the molecule is CCN(C(=O)c1cccc(N)c1OC)C(C)COC. The van der Waals surface area contributed by atoms with Crippen LogP contribution in [0.4, 0.5) is 5.69 Å². The van der Waals surface area contributed by atoms with Gasteiger partial charge in [-0.1, -0.05) is 6.07 Å². The minimum atomic E-state index is -0.101. The molecular formula is C14H22N2O3. The summed E-state index contributed by atoms with van der Waals surface area (Å²) < 4.78 is 10.3. The van der Waals surface area contributed by atoms with Gasteiger partial charge in [-0.05, 0) is 26.0 Å². The first-order valence-electron chi connectivity index (χ1n) is 6.29. The first-order valence-corrected chi connectivity index (χ1v) is 6.29. The molecule has 1 rings (SSSR count). The van der Waals surface area contributed by atoms with Crippen LogP contribution in [0.25, 0.3) is 0 Å². The molecular weight excluding hydrogens is 244 g/mol. The van der Waals surface area contributed by atoms with Crippen molar-refractivity contribution in [2.24, 2.45) is 0 Å². The van der Waals surface area contributed by atoms with Crippen LogP contribution in [0.2, 0.25) is 0 Å². The lowest BCUT2D eigenvalue weighted by atomic mass is 10.1. The summed E-state index contributed by atoms with van der Waals surface area (Å²) in [4.78, 5) is 14.3. The van der Waals surface area contributed by atoms with E-state index in [4.69, 9.17) is 15.2 Å². The minimum absolute atomic E-state index is 0.00589. The molecule has 0 heterocycles. The van der Waals surface area contributed by atoms with Gasteiger partial charge in [0.25, 0.3) is 5.91 Å². The number of nitrogen functional groups attached to an aromatic ring is 1. The van der Waals surface area contributed by atoms with E-state index in [9.17, 15) is 4.79 Å². The number of likely N-dealkylation sites (N-methyl/N-ethyl adjacent to an activating group) is 1. The Kier molecular flexibility index (Phi) is 5.63. The molecule has 0 bridgehead atoms. The molecule has 1 unspecified atom stereocenters. The quantitative estimate of drug-likeness (QED) is 0.797. The van der Waals surface area contributed by atoms with Crippen molar-refractivity contribution in [3.05, 3.63) is 23.8 Å². The van der Waals surface area contributed by atoms with Gasteiger partial charge in [-0.3, -0.25) is 4.79 Å². The van der Waals surface area contributed by atoms with Crippen molar-refractivity contribution in [3.8, 4) is 5.75 Å². The molecule has 0 spiro atoms. The fraction of sp³-hybridized carbons (Fsp3) is 0.500. The molecule has 1 atom stereocenters. The van der Waals surface area contributed by atoms with Gasteiger partial charge >= 0.3 is 0 Å². The second-order valence-electron chi connectivity index (χ2n) is 4.32. The second-order valence-corrected chi connectivity index (χ2v) is 4.32. The minimum Gasteiger partial charge on any atom is -0.494 e. The summed E-state index contributed by atoms with van der Waals surface area (Å²) in [5.41, 5.74) is 6.77. The van der Waals surface area contributed by atoms with Gasteiger partial charge in [-0.25, -0.2) is 0 Å². The van der Waals surface area contributed by atoms with Gasteiger partial charge in [0.15, 0.2) is 5.75 Å². The first-order chi connectivity index (χ1) is 9.06. The number of benzene rings is 1. The van der Waals surface area contributed by atoms with Crippen LogP contribution in [-0.4, -0.2) is 44.2 Å². The molecule has 19 heavy (non-hydrogen) atoms. The Balaban J connectivity index is 3.07. The van der Waals surface area contributed by atoms with Crippen LogP contribution in [0.15, 0.2) is 18.2 Å². The molecule has 0 aliphatic heterocycles. The van der Waals surface area contributed by atoms with E-state index >= 15 is 0 Å². The van der Waals surface area contributed by atoms with Gasteiger partial charge in [0.05, 0.1) is 31.0 Å². The smallest absolute Gasteiger partial charge is 0.258 e. The lowest BCUT2D eigenvalue weighted by molar-refractivity contribution is 0.0576. The van der Waals surface area contributed by atoms with Gasteiger partial charge in [-0.2, -0.15) is 0 Å². The molecule has 0 saturated carbocycles. The molecule has 0 radical (unpaired) electrons. The van der Waals surface area contributed by atoms with E-state index in [0.717, 1.165) is 0 Å². The Morgan fingerprint density at radius 2 is 2.11 bits per heavy atom. The number of hydrogen-bond donors (Lipinski definition) is 1. The Morgan fingerprint density at radius 1 is 1.42 bits per heavy atom. The second kappa shape index (κ2) is 6.99. The van der Waals surface area contributed by atoms with Gasteiger partial charge in [0.1, 0.15) is 0 Å². The maximum absolute atomic E-state index is 12.6. The molecule has 0 saturated heterocycles. The number of rotatable bonds is 6. The van der Waals surface area contributed by atoms with Crippen molar-refractivity contribution in [3.63, 3.8) is 0 Å². The van der Waals surface area contributed by atoms with E-state index in [1.807, 2.05) is 13.8 Å². The number of nitrogens with two attached hydrogens (primary N) is 1. The van der Waals surface area contributed by atoms with Crippen LogP contribution in [0, 0.1) is 0 Å². The summed E-state index contributed by atoms with van der Waals surface area (Å²) in [6.45, 7) is 4.97. The molecule has 0 aliphatic carbocycles. The zero-order valence-electron chi connectivity index (χ0n) is 12.0. The number of ether oxygens (including phenoxy) is 2. The number of amides is 1. The third-order valence-corrected chi connectivity index (χ3v) is 3.02. The van der Waals surface area contributed by atoms with Crippen molar-refractivity contribution >= 4 is 11.6 Å². The van der Waals surface area contributed by atoms with Crippen molar-refractivity contribution in [2.45, 2.75) is 19.9 Å². The highest BCUT2D eigenvalue weighted by atomic mass is 16.5. The third-order valence-electron chi connectivity index (χ3n) is 3.02. The summed E-state index contributed by atoms with van der Waals surface area (Å²) in [6, 6.07) is 5.18. The van der Waals surface area contributed by atoms with Crippen LogP contribution in [0.5, 0.6) is 5.75 Å². The van der Waals surface area contributed by atoms with Crippen LogP contribution in [0.3, 0.4) is 0 Å². The van der Waals surface area contributed by atoms with Gasteiger partial charge in [0.2, 0.25) is 0 Å². The lowest BCUT2D eigenvalue weighted by Crippen LogP contribution is -2.41. The Bertz CT molecular complexity index is 435. The van der Waals surface area contributed by atoms with Crippen molar-refractivity contribution in [1.82, 2.24) is 4.90 Å². The fourth-order valence-corrected chi connectivity index (χ4v) is 2.09. The number of hydrogen-bond acceptors (Lipinski definition) is 4. The van der Waals surface area contributed by atoms with Crippen molar-refractivity contribution < 1.29 is 14.3 Å². The number of nitrogens with zero attached hydrogens (tertiary/aromatic N) is 1. The monoisotopic (exact) mass is 266 g/mol. The number of carbonyl (C=O) groups excluding carboxylic acids is 1. The molecule has 2 N–H and O–H groups in total. The van der Waals surface area contributed by atoms with Gasteiger partial charge in [0, 0.05) is 13.7 Å². The third kappa shape index (κ3) is 3.38. The van der Waals surface area contributed by atoms with E-state index in [0.29, 0.717) is 30.2 Å². The van der Waals surface area contributed by atoms with E-state index in [1.54, 1.807) is 30.2 Å². The molecule has 5 heteroatoms. The standard InChI is InChI=1S/C14H22N2O3/c1-5-16(10(2)9-18-3)14(17)11-7-6-8-12(15)13(11)19-4/h6-8,10H,5,9,15H2,1-4H3. The van der Waals surface area contributed by atoms with Crippen molar-refractivity contribution in [2.75, 3.05) is 33.1 Å². The molecule has 0 aromatic heterocycles. The summed E-state index contributed by atoms with van der Waals surface area (Å²) in [6.07, 6.45) is 0. The van der Waals surface area contributed by atoms with E-state index in [2.05, 4.69) is 0 Å². The van der Waals surface area contributed by atoms with E-state index in [1.165, 1.54) is 7.11 Å². The van der Waals surface area contributed by atoms with Gasteiger partial charge < -0.3 is 20.1 Å². The number of carbonyl (C=O) groups is 1. The Labute approximate surface area is 114 Å². The zero-order chi connectivity index (χ0) is 14.4.